The van der Waals surface area contributed by atoms with E-state index in [1.165, 1.54) is 23.3 Å². The quantitative estimate of drug-likeness (QED) is 0.718. The van der Waals surface area contributed by atoms with E-state index in [0.29, 0.717) is 12.6 Å². The van der Waals surface area contributed by atoms with Gasteiger partial charge < -0.3 is 24.2 Å². The molecular weight excluding hydrogens is 378 g/mol. The molecule has 1 N–H and O–H groups in total. The summed E-state index contributed by atoms with van der Waals surface area (Å²) in [7, 11) is 3.39. The number of amides is 1. The molecule has 1 amide bonds. The van der Waals surface area contributed by atoms with Gasteiger partial charge in [0.05, 0.1) is 25.9 Å². The maximum atomic E-state index is 13.0. The maximum absolute atomic E-state index is 13.0. The summed E-state index contributed by atoms with van der Waals surface area (Å²) in [4.78, 5) is 18.8. The first-order valence-corrected chi connectivity index (χ1v) is 10.8. The maximum Gasteiger partial charge on any atom is 0.277 e. The van der Waals surface area contributed by atoms with Crippen LogP contribution >= 0.6 is 0 Å². The largest absolute Gasteiger partial charge is 0.497 e. The van der Waals surface area contributed by atoms with Crippen LogP contribution in [0.25, 0.3) is 0 Å². The van der Waals surface area contributed by atoms with Crippen LogP contribution in [0.3, 0.4) is 0 Å². The van der Waals surface area contributed by atoms with Crippen molar-refractivity contribution >= 4 is 11.6 Å². The minimum absolute atomic E-state index is 0.269. The lowest BCUT2D eigenvalue weighted by Gasteiger charge is -2.37. The van der Waals surface area contributed by atoms with Gasteiger partial charge in [-0.15, -0.1) is 0 Å². The second-order valence-electron chi connectivity index (χ2n) is 8.17. The molecule has 1 heterocycles. The summed E-state index contributed by atoms with van der Waals surface area (Å²) in [6.45, 7) is 4.66. The van der Waals surface area contributed by atoms with E-state index in [4.69, 9.17) is 9.47 Å². The molecule has 30 heavy (non-hydrogen) atoms. The number of methoxy groups -OCH3 is 2. The molecule has 2 aliphatic rings. The zero-order valence-electron chi connectivity index (χ0n) is 18.0. The third-order valence-electron chi connectivity index (χ3n) is 6.18. The first-order valence-electron chi connectivity index (χ1n) is 10.8. The van der Waals surface area contributed by atoms with Crippen LogP contribution in [0.2, 0.25) is 0 Å². The molecule has 0 spiro atoms. The lowest BCUT2D eigenvalue weighted by Crippen LogP contribution is -3.13. The topological polar surface area (TPSA) is 46.5 Å². The average molecular weight is 411 g/mol. The summed E-state index contributed by atoms with van der Waals surface area (Å²) in [6, 6.07) is 16.9. The molecular formula is C24H32N3O3+. The van der Waals surface area contributed by atoms with Gasteiger partial charge in [-0.1, -0.05) is 12.1 Å². The normalized spacial score (nSPS) is 17.5. The highest BCUT2D eigenvalue weighted by Crippen LogP contribution is 2.28. The van der Waals surface area contributed by atoms with Crippen LogP contribution in [0.4, 0.5) is 5.69 Å². The Morgan fingerprint density at radius 2 is 1.67 bits per heavy atom. The lowest BCUT2D eigenvalue weighted by molar-refractivity contribution is -0.917. The van der Waals surface area contributed by atoms with Gasteiger partial charge >= 0.3 is 0 Å². The van der Waals surface area contributed by atoms with Crippen molar-refractivity contribution in [1.82, 2.24) is 4.90 Å². The Kier molecular flexibility index (Phi) is 6.43. The number of benzene rings is 2. The first-order chi connectivity index (χ1) is 14.7. The Hall–Kier alpha value is -2.73. The number of hydrogen-bond acceptors (Lipinski definition) is 4. The summed E-state index contributed by atoms with van der Waals surface area (Å²) >= 11 is 0. The Morgan fingerprint density at radius 3 is 2.30 bits per heavy atom. The first kappa shape index (κ1) is 20.5. The van der Waals surface area contributed by atoms with Crippen LogP contribution in [-0.4, -0.2) is 63.8 Å². The number of piperazine rings is 1. The Labute approximate surface area is 179 Å². The minimum Gasteiger partial charge on any atom is -0.497 e. The number of ether oxygens (including phenoxy) is 2. The summed E-state index contributed by atoms with van der Waals surface area (Å²) in [5, 5.41) is 0. The van der Waals surface area contributed by atoms with Gasteiger partial charge in [-0.2, -0.15) is 0 Å². The van der Waals surface area contributed by atoms with Gasteiger partial charge in [-0.25, -0.2) is 0 Å². The van der Waals surface area contributed by atoms with Gasteiger partial charge in [0.2, 0.25) is 0 Å². The van der Waals surface area contributed by atoms with E-state index in [1.54, 1.807) is 14.2 Å². The highest BCUT2D eigenvalue weighted by atomic mass is 16.5. The fourth-order valence-corrected chi connectivity index (χ4v) is 4.24. The molecule has 1 aliphatic heterocycles. The number of para-hydroxylation sites is 2. The standard InChI is InChI=1S/C24H31N3O3/c1-29-21-11-7-19(8-12-21)17-27(20-9-10-20)18-24(28)26-15-13-25(14-16-26)22-5-3-4-6-23(22)30-2/h3-8,11-12,20H,9-10,13-18H2,1-2H3/p+1. The fraction of sp³-hybridized carbons (Fsp3) is 0.458. The molecule has 0 aromatic heterocycles. The fourth-order valence-electron chi connectivity index (χ4n) is 4.24. The second kappa shape index (κ2) is 9.39. The molecule has 2 aromatic rings. The van der Waals surface area contributed by atoms with Crippen molar-refractivity contribution in [3.63, 3.8) is 0 Å². The van der Waals surface area contributed by atoms with Crippen molar-refractivity contribution in [3.05, 3.63) is 54.1 Å². The number of quaternary nitrogens is 1. The number of anilines is 1. The van der Waals surface area contributed by atoms with E-state index in [1.807, 2.05) is 35.2 Å². The van der Waals surface area contributed by atoms with Crippen LogP contribution < -0.4 is 19.3 Å². The van der Waals surface area contributed by atoms with Crippen molar-refractivity contribution in [3.8, 4) is 11.5 Å². The average Bonchev–Trinajstić information content (AvgIpc) is 3.64. The Bertz CT molecular complexity index is 843. The molecule has 2 fully saturated rings. The van der Waals surface area contributed by atoms with Gasteiger partial charge in [-0.3, -0.25) is 4.79 Å². The van der Waals surface area contributed by atoms with Crippen LogP contribution in [0, 0.1) is 0 Å². The minimum atomic E-state index is 0.269. The number of hydrogen-bond donors (Lipinski definition) is 1. The van der Waals surface area contributed by atoms with Crippen LogP contribution in [0.5, 0.6) is 11.5 Å². The van der Waals surface area contributed by atoms with Crippen molar-refractivity contribution in [1.29, 1.82) is 0 Å². The molecule has 1 saturated carbocycles. The molecule has 0 radical (unpaired) electrons. The van der Waals surface area contributed by atoms with Gasteiger partial charge in [0.1, 0.15) is 18.0 Å². The molecule has 4 rings (SSSR count). The molecule has 1 unspecified atom stereocenters. The molecule has 1 atom stereocenters. The zero-order valence-corrected chi connectivity index (χ0v) is 18.0. The van der Waals surface area contributed by atoms with Gasteiger partial charge in [-0.05, 0) is 36.4 Å². The summed E-state index contributed by atoms with van der Waals surface area (Å²) in [6.07, 6.45) is 2.45. The zero-order chi connectivity index (χ0) is 20.9. The highest BCUT2D eigenvalue weighted by Gasteiger charge is 2.36. The van der Waals surface area contributed by atoms with Crippen LogP contribution in [0.15, 0.2) is 48.5 Å². The molecule has 0 bridgehead atoms. The second-order valence-corrected chi connectivity index (χ2v) is 8.17. The smallest absolute Gasteiger partial charge is 0.277 e. The summed E-state index contributed by atoms with van der Waals surface area (Å²) in [5.74, 6) is 2.03. The Morgan fingerprint density at radius 1 is 0.967 bits per heavy atom. The SMILES string of the molecule is COc1ccc(C[NH+](CC(=O)N2CCN(c3ccccc3OC)CC2)C2CC2)cc1. The third-order valence-corrected chi connectivity index (χ3v) is 6.18. The highest BCUT2D eigenvalue weighted by molar-refractivity contribution is 5.77. The molecule has 6 heteroatoms. The van der Waals surface area contributed by atoms with Crippen molar-refractivity contribution in [2.24, 2.45) is 0 Å². The van der Waals surface area contributed by atoms with Crippen molar-refractivity contribution < 1.29 is 19.2 Å². The number of carbonyl (C=O) groups is 1. The molecule has 2 aromatic carbocycles. The molecule has 160 valence electrons. The number of nitrogens with one attached hydrogen (secondary N) is 1. The molecule has 1 aliphatic carbocycles. The number of carbonyl (C=O) groups excluding carboxylic acids is 1. The predicted octanol–water partition coefficient (Wildman–Crippen LogP) is 1.60. The molecule has 1 saturated heterocycles. The van der Waals surface area contributed by atoms with E-state index < -0.39 is 0 Å². The van der Waals surface area contributed by atoms with E-state index >= 15 is 0 Å². The van der Waals surface area contributed by atoms with Crippen LogP contribution in [-0.2, 0) is 11.3 Å². The van der Waals surface area contributed by atoms with Gasteiger partial charge in [0.15, 0.2) is 6.54 Å². The van der Waals surface area contributed by atoms with E-state index in [2.05, 4.69) is 23.1 Å². The lowest BCUT2D eigenvalue weighted by atomic mass is 10.2. The monoisotopic (exact) mass is 410 g/mol. The van der Waals surface area contributed by atoms with E-state index in [0.717, 1.165) is 49.9 Å². The number of rotatable bonds is 8. The van der Waals surface area contributed by atoms with Crippen molar-refractivity contribution in [2.75, 3.05) is 51.8 Å². The van der Waals surface area contributed by atoms with E-state index in [9.17, 15) is 4.79 Å². The van der Waals surface area contributed by atoms with Crippen LogP contribution in [0.1, 0.15) is 18.4 Å². The predicted molar refractivity (Wildman–Crippen MR) is 117 cm³/mol. The van der Waals surface area contributed by atoms with E-state index in [-0.39, 0.29) is 5.91 Å². The third kappa shape index (κ3) is 4.87. The Balaban J connectivity index is 1.32. The van der Waals surface area contributed by atoms with Gasteiger partial charge in [0.25, 0.3) is 5.91 Å². The summed E-state index contributed by atoms with van der Waals surface area (Å²) in [5.41, 5.74) is 2.36. The van der Waals surface area contributed by atoms with Gasteiger partial charge in [0, 0.05) is 44.6 Å². The number of nitrogens with zero attached hydrogens (tertiary/aromatic N) is 2. The summed E-state index contributed by atoms with van der Waals surface area (Å²) < 4.78 is 10.8. The molecule has 6 nitrogen and oxygen atoms in total. The van der Waals surface area contributed by atoms with Crippen molar-refractivity contribution in [2.45, 2.75) is 25.4 Å².